The van der Waals surface area contributed by atoms with E-state index in [9.17, 15) is 13.2 Å². The highest BCUT2D eigenvalue weighted by Crippen LogP contribution is 2.30. The first-order chi connectivity index (χ1) is 12.6. The van der Waals surface area contributed by atoms with E-state index in [1.54, 1.807) is 6.07 Å². The van der Waals surface area contributed by atoms with Crippen LogP contribution in [0.1, 0.15) is 31.4 Å². The summed E-state index contributed by atoms with van der Waals surface area (Å²) in [6.45, 7) is 6.10. The van der Waals surface area contributed by atoms with Crippen LogP contribution >= 0.6 is 22.7 Å². The van der Waals surface area contributed by atoms with E-state index in [0.717, 1.165) is 27.5 Å². The van der Waals surface area contributed by atoms with Gasteiger partial charge in [0, 0.05) is 10.4 Å². The second-order valence-electron chi connectivity index (χ2n) is 6.20. The number of hydrogen-bond donors (Lipinski definition) is 2. The third-order valence-corrected chi connectivity index (χ3v) is 7.67. The number of thiophene rings is 1. The molecule has 0 saturated carbocycles. The van der Waals surface area contributed by atoms with Crippen molar-refractivity contribution in [1.82, 2.24) is 10.3 Å². The summed E-state index contributed by atoms with van der Waals surface area (Å²) in [5.41, 5.74) is 3.98. The second kappa shape index (κ2) is 7.51. The van der Waals surface area contributed by atoms with Gasteiger partial charge in [0.2, 0.25) is 10.0 Å². The van der Waals surface area contributed by atoms with Crippen molar-refractivity contribution in [3.8, 4) is 10.6 Å². The van der Waals surface area contributed by atoms with Crippen molar-refractivity contribution in [3.05, 3.63) is 56.9 Å². The van der Waals surface area contributed by atoms with Crippen LogP contribution in [0, 0.1) is 20.8 Å². The summed E-state index contributed by atoms with van der Waals surface area (Å²) in [7, 11) is -3.72. The molecular weight excluding hydrogens is 402 g/mol. The lowest BCUT2D eigenvalue weighted by atomic mass is 10.1. The van der Waals surface area contributed by atoms with Crippen LogP contribution in [-0.2, 0) is 16.6 Å². The fraction of sp³-hybridized carbons (Fsp3) is 0.222. The van der Waals surface area contributed by atoms with E-state index in [-0.39, 0.29) is 16.7 Å². The van der Waals surface area contributed by atoms with Gasteiger partial charge in [-0.05, 0) is 38.5 Å². The number of amides is 1. The number of benzene rings is 1. The molecule has 0 unspecified atom stereocenters. The maximum atomic E-state index is 12.5. The smallest absolute Gasteiger partial charge is 0.263 e. The standard InChI is InChI=1S/C18H19N3O3S3/c1-10-4-6-14(11(2)8-10)18-21-12(3)16(26-18)17(22)20-9-13-5-7-15(25-13)27(19,23)24/h4-8H,9H2,1-3H3,(H,20,22)(H2,19,23,24). The lowest BCUT2D eigenvalue weighted by Gasteiger charge is -2.03. The van der Waals surface area contributed by atoms with Crippen molar-refractivity contribution in [2.45, 2.75) is 31.5 Å². The Kier molecular flexibility index (Phi) is 5.48. The molecule has 6 nitrogen and oxygen atoms in total. The van der Waals surface area contributed by atoms with Gasteiger partial charge in [0.25, 0.3) is 5.91 Å². The van der Waals surface area contributed by atoms with Crippen LogP contribution < -0.4 is 10.5 Å². The number of sulfonamides is 1. The van der Waals surface area contributed by atoms with Crippen molar-refractivity contribution in [3.63, 3.8) is 0 Å². The maximum absolute atomic E-state index is 12.5. The first-order valence-electron chi connectivity index (χ1n) is 8.10. The number of rotatable bonds is 5. The summed E-state index contributed by atoms with van der Waals surface area (Å²) in [6.07, 6.45) is 0. The molecule has 0 aliphatic heterocycles. The fourth-order valence-electron chi connectivity index (χ4n) is 2.63. The third kappa shape index (κ3) is 4.44. The molecule has 3 N–H and O–H groups in total. The molecular formula is C18H19N3O3S3. The molecule has 9 heteroatoms. The quantitative estimate of drug-likeness (QED) is 0.659. The molecule has 27 heavy (non-hydrogen) atoms. The summed E-state index contributed by atoms with van der Waals surface area (Å²) < 4.78 is 22.7. The minimum absolute atomic E-state index is 0.0813. The number of aromatic nitrogens is 1. The summed E-state index contributed by atoms with van der Waals surface area (Å²) >= 11 is 2.40. The molecule has 2 aromatic heterocycles. The maximum Gasteiger partial charge on any atom is 0.263 e. The molecule has 3 rings (SSSR count). The Morgan fingerprint density at radius 1 is 1.15 bits per heavy atom. The highest BCUT2D eigenvalue weighted by atomic mass is 32.2. The molecule has 0 radical (unpaired) electrons. The van der Waals surface area contributed by atoms with Gasteiger partial charge >= 0.3 is 0 Å². The van der Waals surface area contributed by atoms with E-state index in [1.165, 1.54) is 23.0 Å². The Morgan fingerprint density at radius 3 is 2.52 bits per heavy atom. The highest BCUT2D eigenvalue weighted by molar-refractivity contribution is 7.91. The van der Waals surface area contributed by atoms with E-state index in [0.29, 0.717) is 15.4 Å². The Bertz CT molecular complexity index is 1110. The van der Waals surface area contributed by atoms with Gasteiger partial charge in [0.05, 0.1) is 12.2 Å². The van der Waals surface area contributed by atoms with Gasteiger partial charge in [-0.25, -0.2) is 18.5 Å². The van der Waals surface area contributed by atoms with Crippen molar-refractivity contribution >= 4 is 38.6 Å². The van der Waals surface area contributed by atoms with Crippen LogP contribution in [0.4, 0.5) is 0 Å². The van der Waals surface area contributed by atoms with Gasteiger partial charge in [0.15, 0.2) is 0 Å². The zero-order chi connectivity index (χ0) is 19.8. The van der Waals surface area contributed by atoms with E-state index in [2.05, 4.69) is 16.4 Å². The average Bonchev–Trinajstić information content (AvgIpc) is 3.19. The minimum atomic E-state index is -3.72. The molecule has 1 amide bonds. The first kappa shape index (κ1) is 19.7. The lowest BCUT2D eigenvalue weighted by molar-refractivity contribution is 0.0954. The van der Waals surface area contributed by atoms with Gasteiger partial charge in [-0.15, -0.1) is 22.7 Å². The minimum Gasteiger partial charge on any atom is -0.346 e. The molecule has 3 aromatic rings. The average molecular weight is 422 g/mol. The van der Waals surface area contributed by atoms with Gasteiger partial charge in [-0.3, -0.25) is 4.79 Å². The monoisotopic (exact) mass is 421 g/mol. The normalized spacial score (nSPS) is 11.6. The SMILES string of the molecule is Cc1ccc(-c2nc(C)c(C(=O)NCc3ccc(S(N)(=O)=O)s3)s2)c(C)c1. The molecule has 0 bridgehead atoms. The molecule has 0 saturated heterocycles. The summed E-state index contributed by atoms with van der Waals surface area (Å²) in [4.78, 5) is 18.4. The largest absolute Gasteiger partial charge is 0.346 e. The topological polar surface area (TPSA) is 102 Å². The van der Waals surface area contributed by atoms with Crippen LogP contribution in [-0.4, -0.2) is 19.3 Å². The van der Waals surface area contributed by atoms with Gasteiger partial charge in [-0.1, -0.05) is 23.8 Å². The predicted octanol–water partition coefficient (Wildman–Crippen LogP) is 3.37. The van der Waals surface area contributed by atoms with Crippen LogP contribution in [0.2, 0.25) is 0 Å². The number of thiazole rings is 1. The van der Waals surface area contributed by atoms with Crippen LogP contribution in [0.15, 0.2) is 34.5 Å². The fourth-order valence-corrected chi connectivity index (χ4v) is 5.42. The predicted molar refractivity (Wildman–Crippen MR) is 109 cm³/mol. The zero-order valence-corrected chi connectivity index (χ0v) is 17.5. The summed E-state index contributed by atoms with van der Waals surface area (Å²) in [5, 5.41) is 8.73. The number of nitrogens with two attached hydrogens (primary N) is 1. The number of nitrogens with one attached hydrogen (secondary N) is 1. The number of hydrogen-bond acceptors (Lipinski definition) is 6. The van der Waals surface area contributed by atoms with Crippen molar-refractivity contribution in [1.29, 1.82) is 0 Å². The first-order valence-corrected chi connectivity index (χ1v) is 11.3. The van der Waals surface area contributed by atoms with Crippen molar-refractivity contribution in [2.24, 2.45) is 5.14 Å². The molecule has 0 spiro atoms. The van der Waals surface area contributed by atoms with Crippen LogP contribution in [0.25, 0.3) is 10.6 Å². The number of nitrogens with zero attached hydrogens (tertiary/aromatic N) is 1. The summed E-state index contributed by atoms with van der Waals surface area (Å²) in [6, 6.07) is 9.22. The van der Waals surface area contributed by atoms with Crippen LogP contribution in [0.3, 0.4) is 0 Å². The van der Waals surface area contributed by atoms with E-state index >= 15 is 0 Å². The van der Waals surface area contributed by atoms with Crippen LogP contribution in [0.5, 0.6) is 0 Å². The number of primary sulfonamides is 1. The third-order valence-electron chi connectivity index (χ3n) is 3.96. The van der Waals surface area contributed by atoms with E-state index in [4.69, 9.17) is 5.14 Å². The molecule has 0 aliphatic rings. The van der Waals surface area contributed by atoms with Gasteiger partial charge < -0.3 is 5.32 Å². The number of carbonyl (C=O) groups excluding carboxylic acids is 1. The molecule has 142 valence electrons. The van der Waals surface area contributed by atoms with Crippen molar-refractivity contribution < 1.29 is 13.2 Å². The Hall–Kier alpha value is -2.07. The Morgan fingerprint density at radius 2 is 1.89 bits per heavy atom. The highest BCUT2D eigenvalue weighted by Gasteiger charge is 2.18. The van der Waals surface area contributed by atoms with E-state index < -0.39 is 10.0 Å². The molecule has 2 heterocycles. The Balaban J connectivity index is 1.76. The van der Waals surface area contributed by atoms with Gasteiger partial charge in [0.1, 0.15) is 14.1 Å². The molecule has 0 atom stereocenters. The van der Waals surface area contributed by atoms with Crippen molar-refractivity contribution in [2.75, 3.05) is 0 Å². The Labute approximate surface area is 166 Å². The summed E-state index contributed by atoms with van der Waals surface area (Å²) in [5.74, 6) is -0.230. The number of carbonyl (C=O) groups is 1. The van der Waals surface area contributed by atoms with E-state index in [1.807, 2.05) is 32.9 Å². The molecule has 0 fully saturated rings. The molecule has 0 aliphatic carbocycles. The zero-order valence-electron chi connectivity index (χ0n) is 15.1. The lowest BCUT2D eigenvalue weighted by Crippen LogP contribution is -2.22. The number of aryl methyl sites for hydroxylation is 3. The second-order valence-corrected chi connectivity index (χ2v) is 10.2. The molecule has 1 aromatic carbocycles. The van der Waals surface area contributed by atoms with Gasteiger partial charge in [-0.2, -0.15) is 0 Å².